The highest BCUT2D eigenvalue weighted by Crippen LogP contribution is 2.30. The fraction of sp³-hybridized carbons (Fsp3) is 0.350. The van der Waals surface area contributed by atoms with Crippen molar-refractivity contribution >= 4 is 16.1 Å². The predicted octanol–water partition coefficient (Wildman–Crippen LogP) is 4.69. The van der Waals surface area contributed by atoms with E-state index in [4.69, 9.17) is 4.74 Å². The van der Waals surface area contributed by atoms with E-state index in [9.17, 15) is 17.8 Å². The van der Waals surface area contributed by atoms with Crippen molar-refractivity contribution in [2.75, 3.05) is 0 Å². The fourth-order valence-corrected chi connectivity index (χ4v) is 3.68. The lowest BCUT2D eigenvalue weighted by atomic mass is 9.85. The SMILES string of the molecule is CCCC(c1ccc(OC(=O)c2ccccc2S(=O)(=O)O)cc1)C(C)C. The van der Waals surface area contributed by atoms with Gasteiger partial charge in [0, 0.05) is 0 Å². The molecule has 1 N–H and O–H groups in total. The van der Waals surface area contributed by atoms with Crippen LogP contribution >= 0.6 is 0 Å². The summed E-state index contributed by atoms with van der Waals surface area (Å²) < 4.78 is 37.3. The van der Waals surface area contributed by atoms with Crippen LogP contribution in [0.3, 0.4) is 0 Å². The molecule has 0 spiro atoms. The Morgan fingerprint density at radius 1 is 1.08 bits per heavy atom. The molecule has 0 aliphatic heterocycles. The molecule has 0 heterocycles. The van der Waals surface area contributed by atoms with Crippen molar-refractivity contribution in [1.82, 2.24) is 0 Å². The molecule has 140 valence electrons. The maximum Gasteiger partial charge on any atom is 0.344 e. The Hall–Kier alpha value is -2.18. The molecule has 0 aliphatic rings. The Balaban J connectivity index is 2.21. The van der Waals surface area contributed by atoms with E-state index in [1.54, 1.807) is 12.1 Å². The molecule has 0 amide bonds. The molecular formula is C20H24O5S. The third-order valence-corrected chi connectivity index (χ3v) is 5.22. The van der Waals surface area contributed by atoms with Gasteiger partial charge in [-0.1, -0.05) is 51.5 Å². The molecule has 1 unspecified atom stereocenters. The van der Waals surface area contributed by atoms with Gasteiger partial charge in [-0.25, -0.2) is 4.79 Å². The molecule has 6 heteroatoms. The van der Waals surface area contributed by atoms with E-state index in [0.717, 1.165) is 18.9 Å². The van der Waals surface area contributed by atoms with E-state index in [1.807, 2.05) is 12.1 Å². The van der Waals surface area contributed by atoms with E-state index in [2.05, 4.69) is 20.8 Å². The van der Waals surface area contributed by atoms with Crippen LogP contribution in [0.2, 0.25) is 0 Å². The first-order valence-electron chi connectivity index (χ1n) is 8.62. The first kappa shape index (κ1) is 20.1. The molecule has 0 aromatic heterocycles. The zero-order chi connectivity index (χ0) is 19.3. The van der Waals surface area contributed by atoms with Crippen LogP contribution in [0.4, 0.5) is 0 Å². The minimum atomic E-state index is -4.51. The molecule has 2 aromatic rings. The largest absolute Gasteiger partial charge is 0.423 e. The average Bonchev–Trinajstić information content (AvgIpc) is 2.59. The molecule has 2 aromatic carbocycles. The monoisotopic (exact) mass is 376 g/mol. The third-order valence-electron chi connectivity index (χ3n) is 4.31. The van der Waals surface area contributed by atoms with Crippen molar-refractivity contribution in [3.8, 4) is 5.75 Å². The van der Waals surface area contributed by atoms with Gasteiger partial charge in [0.2, 0.25) is 0 Å². The maximum atomic E-state index is 12.3. The van der Waals surface area contributed by atoms with Crippen LogP contribution < -0.4 is 4.74 Å². The number of hydrogen-bond acceptors (Lipinski definition) is 4. The molecule has 0 saturated carbocycles. The van der Waals surface area contributed by atoms with Gasteiger partial charge >= 0.3 is 5.97 Å². The summed E-state index contributed by atoms with van der Waals surface area (Å²) in [5, 5.41) is 0. The summed E-state index contributed by atoms with van der Waals surface area (Å²) in [6.45, 7) is 6.51. The van der Waals surface area contributed by atoms with Crippen molar-refractivity contribution in [2.45, 2.75) is 44.4 Å². The lowest BCUT2D eigenvalue weighted by molar-refractivity contribution is 0.0730. The number of carbonyl (C=O) groups is 1. The second-order valence-electron chi connectivity index (χ2n) is 6.57. The second kappa shape index (κ2) is 8.47. The minimum Gasteiger partial charge on any atom is -0.423 e. The molecule has 2 rings (SSSR count). The topological polar surface area (TPSA) is 80.7 Å². The predicted molar refractivity (Wildman–Crippen MR) is 100 cm³/mol. The van der Waals surface area contributed by atoms with Crippen molar-refractivity contribution < 1.29 is 22.5 Å². The van der Waals surface area contributed by atoms with Gasteiger partial charge in [0.05, 0.1) is 5.56 Å². The maximum absolute atomic E-state index is 12.3. The average molecular weight is 376 g/mol. The minimum absolute atomic E-state index is 0.204. The van der Waals surface area contributed by atoms with Crippen LogP contribution in [-0.2, 0) is 10.1 Å². The molecule has 1 atom stereocenters. The van der Waals surface area contributed by atoms with Gasteiger partial charge in [0.1, 0.15) is 10.6 Å². The van der Waals surface area contributed by atoms with Crippen LogP contribution in [0.1, 0.15) is 55.5 Å². The Morgan fingerprint density at radius 2 is 1.69 bits per heavy atom. The highest BCUT2D eigenvalue weighted by atomic mass is 32.2. The van der Waals surface area contributed by atoms with Crippen molar-refractivity contribution in [2.24, 2.45) is 5.92 Å². The van der Waals surface area contributed by atoms with Crippen LogP contribution in [0.15, 0.2) is 53.4 Å². The van der Waals surface area contributed by atoms with Gasteiger partial charge in [-0.15, -0.1) is 0 Å². The van der Waals surface area contributed by atoms with Crippen molar-refractivity contribution in [3.63, 3.8) is 0 Å². The summed E-state index contributed by atoms with van der Waals surface area (Å²) in [5.41, 5.74) is 0.977. The normalized spacial score (nSPS) is 12.8. The summed E-state index contributed by atoms with van der Waals surface area (Å²) in [7, 11) is -4.51. The van der Waals surface area contributed by atoms with Gasteiger partial charge < -0.3 is 4.74 Å². The van der Waals surface area contributed by atoms with E-state index in [-0.39, 0.29) is 5.56 Å². The summed E-state index contributed by atoms with van der Waals surface area (Å²) >= 11 is 0. The number of rotatable bonds is 7. The molecule has 26 heavy (non-hydrogen) atoms. The van der Waals surface area contributed by atoms with Crippen LogP contribution in [-0.4, -0.2) is 18.9 Å². The van der Waals surface area contributed by atoms with Crippen LogP contribution in [0.25, 0.3) is 0 Å². The van der Waals surface area contributed by atoms with E-state index < -0.39 is 21.0 Å². The number of benzene rings is 2. The first-order valence-corrected chi connectivity index (χ1v) is 10.1. The zero-order valence-corrected chi connectivity index (χ0v) is 16.0. The van der Waals surface area contributed by atoms with E-state index >= 15 is 0 Å². The van der Waals surface area contributed by atoms with Crippen LogP contribution in [0, 0.1) is 5.92 Å². The zero-order valence-electron chi connectivity index (χ0n) is 15.2. The second-order valence-corrected chi connectivity index (χ2v) is 7.96. The smallest absolute Gasteiger partial charge is 0.344 e. The van der Waals surface area contributed by atoms with Gasteiger partial charge in [-0.3, -0.25) is 4.55 Å². The van der Waals surface area contributed by atoms with Crippen LogP contribution in [0.5, 0.6) is 5.75 Å². The molecule has 0 aliphatic carbocycles. The van der Waals surface area contributed by atoms with Crippen molar-refractivity contribution in [3.05, 3.63) is 59.7 Å². The Bertz CT molecular complexity index is 854. The lowest BCUT2D eigenvalue weighted by Crippen LogP contribution is -2.14. The highest BCUT2D eigenvalue weighted by molar-refractivity contribution is 7.86. The lowest BCUT2D eigenvalue weighted by Gasteiger charge is -2.21. The van der Waals surface area contributed by atoms with E-state index in [0.29, 0.717) is 17.6 Å². The highest BCUT2D eigenvalue weighted by Gasteiger charge is 2.21. The quantitative estimate of drug-likeness (QED) is 0.431. The molecule has 5 nitrogen and oxygen atoms in total. The summed E-state index contributed by atoms with van der Waals surface area (Å²) in [5.74, 6) is 0.429. The molecule has 0 bridgehead atoms. The number of carbonyl (C=O) groups excluding carboxylic acids is 1. The molecule has 0 fully saturated rings. The van der Waals surface area contributed by atoms with Gasteiger partial charge in [0.15, 0.2) is 0 Å². The number of hydrogen-bond donors (Lipinski definition) is 1. The molecule has 0 saturated heterocycles. The van der Waals surface area contributed by atoms with Crippen molar-refractivity contribution in [1.29, 1.82) is 0 Å². The Labute approximate surface area is 154 Å². The third kappa shape index (κ3) is 4.93. The number of ether oxygens (including phenoxy) is 1. The summed E-state index contributed by atoms with van der Waals surface area (Å²) in [4.78, 5) is 11.8. The van der Waals surface area contributed by atoms with Gasteiger partial charge in [-0.2, -0.15) is 8.42 Å². The Morgan fingerprint density at radius 3 is 2.23 bits per heavy atom. The summed E-state index contributed by atoms with van der Waals surface area (Å²) in [6, 6.07) is 12.7. The first-order chi connectivity index (χ1) is 12.2. The van der Waals surface area contributed by atoms with E-state index in [1.165, 1.54) is 23.8 Å². The fourth-order valence-electron chi connectivity index (χ4n) is 3.00. The molecule has 0 radical (unpaired) electrons. The van der Waals surface area contributed by atoms with Gasteiger partial charge in [-0.05, 0) is 48.1 Å². The van der Waals surface area contributed by atoms with Gasteiger partial charge in [0.25, 0.3) is 10.1 Å². The Kier molecular flexibility index (Phi) is 6.56. The number of esters is 1. The standard InChI is InChI=1S/C20H24O5S/c1-4-7-17(14(2)3)15-10-12-16(13-11-15)25-20(21)18-8-5-6-9-19(18)26(22,23)24/h5-6,8-14,17H,4,7H2,1-3H3,(H,22,23,24). The summed E-state index contributed by atoms with van der Waals surface area (Å²) in [6.07, 6.45) is 2.17. The molecular weight excluding hydrogens is 352 g/mol.